The molecule has 28 heavy (non-hydrogen) atoms. The van der Waals surface area contributed by atoms with Crippen molar-refractivity contribution in [2.24, 2.45) is 0 Å². The summed E-state index contributed by atoms with van der Waals surface area (Å²) in [5.41, 5.74) is 2.88. The fraction of sp³-hybridized carbons (Fsp3) is 0.381. The zero-order chi connectivity index (χ0) is 19.5. The smallest absolute Gasteiger partial charge is 0.317 e. The van der Waals surface area contributed by atoms with Gasteiger partial charge in [-0.2, -0.15) is 0 Å². The molecule has 1 atom stereocenters. The van der Waals surface area contributed by atoms with E-state index >= 15 is 0 Å². The summed E-state index contributed by atoms with van der Waals surface area (Å²) in [5.74, 6) is 0.569. The molecule has 3 heterocycles. The lowest BCUT2D eigenvalue weighted by atomic mass is 10.1. The molecule has 4 rings (SSSR count). The Bertz CT molecular complexity index is 967. The highest BCUT2D eigenvalue weighted by molar-refractivity contribution is 8.00. The van der Waals surface area contributed by atoms with E-state index in [2.05, 4.69) is 21.0 Å². The average Bonchev–Trinajstić information content (AvgIpc) is 3.09. The minimum absolute atomic E-state index is 0.0583. The van der Waals surface area contributed by atoms with Crippen LogP contribution in [0.5, 0.6) is 6.01 Å². The van der Waals surface area contributed by atoms with Gasteiger partial charge in [0.1, 0.15) is 6.10 Å². The van der Waals surface area contributed by atoms with Gasteiger partial charge in [-0.3, -0.25) is 4.79 Å². The third-order valence-electron chi connectivity index (χ3n) is 4.87. The number of carbonyl (C=O) groups excluding carboxylic acids is 1. The molecule has 0 radical (unpaired) electrons. The summed E-state index contributed by atoms with van der Waals surface area (Å²) in [7, 11) is 0. The van der Waals surface area contributed by atoms with Crippen LogP contribution in [0.15, 0.2) is 41.4 Å². The van der Waals surface area contributed by atoms with Crippen LogP contribution < -0.4 is 4.74 Å². The molecule has 0 saturated carbocycles. The number of H-pyrrole nitrogens is 1. The van der Waals surface area contributed by atoms with Crippen LogP contribution in [0.25, 0.3) is 10.9 Å². The van der Waals surface area contributed by atoms with E-state index in [-0.39, 0.29) is 12.0 Å². The summed E-state index contributed by atoms with van der Waals surface area (Å²) in [6.07, 6.45) is 3.76. The van der Waals surface area contributed by atoms with Crippen LogP contribution in [-0.4, -0.2) is 50.7 Å². The van der Waals surface area contributed by atoms with Gasteiger partial charge < -0.3 is 14.6 Å². The van der Waals surface area contributed by atoms with E-state index in [4.69, 9.17) is 4.74 Å². The van der Waals surface area contributed by atoms with Crippen molar-refractivity contribution in [1.82, 2.24) is 19.9 Å². The Morgan fingerprint density at radius 3 is 2.89 bits per heavy atom. The molecule has 6 nitrogen and oxygen atoms in total. The second-order valence-electron chi connectivity index (χ2n) is 7.14. The summed E-state index contributed by atoms with van der Waals surface area (Å²) in [5, 5.41) is 1.16. The molecule has 7 heteroatoms. The van der Waals surface area contributed by atoms with Crippen LogP contribution in [-0.2, 0) is 4.79 Å². The van der Waals surface area contributed by atoms with E-state index in [0.29, 0.717) is 18.3 Å². The van der Waals surface area contributed by atoms with Gasteiger partial charge in [-0.05, 0) is 38.8 Å². The van der Waals surface area contributed by atoms with E-state index in [1.165, 1.54) is 0 Å². The number of amides is 1. The Morgan fingerprint density at radius 2 is 2.07 bits per heavy atom. The Morgan fingerprint density at radius 1 is 1.29 bits per heavy atom. The highest BCUT2D eigenvalue weighted by atomic mass is 32.2. The SMILES string of the molecule is Cc1cc(C)nc(O[C@H]2CCCN(C(=O)CSc3c[nH]c4ccccc34)C2)n1. The number of aromatic amines is 1. The van der Waals surface area contributed by atoms with E-state index in [1.807, 2.05) is 49.2 Å². The quantitative estimate of drug-likeness (QED) is 0.665. The molecule has 1 N–H and O–H groups in total. The lowest BCUT2D eigenvalue weighted by Crippen LogP contribution is -2.45. The molecular formula is C21H24N4O2S. The van der Waals surface area contributed by atoms with Crippen molar-refractivity contribution in [3.05, 3.63) is 47.9 Å². The maximum Gasteiger partial charge on any atom is 0.317 e. The molecule has 0 unspecified atom stereocenters. The monoisotopic (exact) mass is 396 g/mol. The van der Waals surface area contributed by atoms with Gasteiger partial charge in [0.25, 0.3) is 0 Å². The molecule has 0 aliphatic carbocycles. The first-order valence-electron chi connectivity index (χ1n) is 9.54. The number of piperidine rings is 1. The van der Waals surface area contributed by atoms with Crippen molar-refractivity contribution in [1.29, 1.82) is 0 Å². The molecule has 2 aromatic heterocycles. The standard InChI is InChI=1S/C21H24N4O2S/c1-14-10-15(2)24-21(23-14)27-16-6-5-9-25(12-16)20(26)13-28-19-11-22-18-8-4-3-7-17(18)19/h3-4,7-8,10-11,16,22H,5-6,9,12-13H2,1-2H3/t16-/m0/s1. The van der Waals surface area contributed by atoms with Crippen LogP contribution in [0.3, 0.4) is 0 Å². The van der Waals surface area contributed by atoms with Crippen molar-refractivity contribution in [3.63, 3.8) is 0 Å². The van der Waals surface area contributed by atoms with Crippen molar-refractivity contribution < 1.29 is 9.53 Å². The van der Waals surface area contributed by atoms with Crippen molar-refractivity contribution >= 4 is 28.6 Å². The summed E-state index contributed by atoms with van der Waals surface area (Å²) < 4.78 is 5.98. The molecule has 0 spiro atoms. The minimum atomic E-state index is -0.0583. The molecule has 1 aliphatic rings. The number of rotatable bonds is 5. The number of aryl methyl sites for hydroxylation is 2. The fourth-order valence-electron chi connectivity index (χ4n) is 3.55. The lowest BCUT2D eigenvalue weighted by Gasteiger charge is -2.32. The number of carbonyl (C=O) groups is 1. The zero-order valence-corrected chi connectivity index (χ0v) is 17.0. The number of ether oxygens (including phenoxy) is 1. The highest BCUT2D eigenvalue weighted by Gasteiger charge is 2.25. The molecule has 1 saturated heterocycles. The van der Waals surface area contributed by atoms with Gasteiger partial charge in [0.2, 0.25) is 5.91 Å². The highest BCUT2D eigenvalue weighted by Crippen LogP contribution is 2.28. The summed E-state index contributed by atoms with van der Waals surface area (Å²) in [6.45, 7) is 5.23. The number of hydrogen-bond donors (Lipinski definition) is 1. The first-order chi connectivity index (χ1) is 13.6. The van der Waals surface area contributed by atoms with Gasteiger partial charge >= 0.3 is 6.01 Å². The van der Waals surface area contributed by atoms with Gasteiger partial charge in [-0.15, -0.1) is 11.8 Å². The Hall–Kier alpha value is -2.54. The number of benzene rings is 1. The van der Waals surface area contributed by atoms with Crippen LogP contribution in [0.4, 0.5) is 0 Å². The maximum absolute atomic E-state index is 12.7. The van der Waals surface area contributed by atoms with Gasteiger partial charge in [-0.25, -0.2) is 9.97 Å². The largest absolute Gasteiger partial charge is 0.458 e. The van der Waals surface area contributed by atoms with Crippen LogP contribution in [0.2, 0.25) is 0 Å². The molecule has 1 aliphatic heterocycles. The van der Waals surface area contributed by atoms with Crippen LogP contribution in [0, 0.1) is 13.8 Å². The first kappa shape index (κ1) is 18.8. The lowest BCUT2D eigenvalue weighted by molar-refractivity contribution is -0.131. The number of likely N-dealkylation sites (tertiary alicyclic amines) is 1. The molecule has 1 aromatic carbocycles. The predicted molar refractivity (Wildman–Crippen MR) is 111 cm³/mol. The number of thioether (sulfide) groups is 1. The molecule has 0 bridgehead atoms. The van der Waals surface area contributed by atoms with Crippen molar-refractivity contribution in [2.45, 2.75) is 37.7 Å². The van der Waals surface area contributed by atoms with E-state index in [1.54, 1.807) is 11.8 Å². The molecule has 3 aromatic rings. The van der Waals surface area contributed by atoms with E-state index < -0.39 is 0 Å². The first-order valence-corrected chi connectivity index (χ1v) is 10.5. The third kappa shape index (κ3) is 4.30. The predicted octanol–water partition coefficient (Wildman–Crippen LogP) is 3.74. The van der Waals surface area contributed by atoms with Crippen LogP contribution in [0.1, 0.15) is 24.2 Å². The number of para-hydroxylation sites is 1. The number of nitrogens with one attached hydrogen (secondary N) is 1. The third-order valence-corrected chi connectivity index (χ3v) is 5.91. The number of nitrogens with zero attached hydrogens (tertiary/aromatic N) is 3. The number of fused-ring (bicyclic) bond motifs is 1. The Balaban J connectivity index is 1.35. The summed E-state index contributed by atoms with van der Waals surface area (Å²) in [4.78, 5) is 27.7. The van der Waals surface area contributed by atoms with Gasteiger partial charge in [0.15, 0.2) is 0 Å². The van der Waals surface area contributed by atoms with Crippen LogP contribution >= 0.6 is 11.8 Å². The number of aromatic nitrogens is 3. The fourth-order valence-corrected chi connectivity index (χ4v) is 4.49. The normalized spacial score (nSPS) is 17.1. The average molecular weight is 397 g/mol. The van der Waals surface area contributed by atoms with E-state index in [0.717, 1.165) is 46.6 Å². The van der Waals surface area contributed by atoms with Gasteiger partial charge in [0, 0.05) is 39.9 Å². The molecular weight excluding hydrogens is 372 g/mol. The Kier molecular flexibility index (Phi) is 5.52. The van der Waals surface area contributed by atoms with E-state index in [9.17, 15) is 4.79 Å². The van der Waals surface area contributed by atoms with Gasteiger partial charge in [-0.1, -0.05) is 18.2 Å². The van der Waals surface area contributed by atoms with Gasteiger partial charge in [0.05, 0.1) is 12.3 Å². The summed E-state index contributed by atoms with van der Waals surface area (Å²) >= 11 is 1.58. The molecule has 146 valence electrons. The maximum atomic E-state index is 12.7. The zero-order valence-electron chi connectivity index (χ0n) is 16.1. The Labute approximate surface area is 168 Å². The minimum Gasteiger partial charge on any atom is -0.458 e. The van der Waals surface area contributed by atoms with Crippen molar-refractivity contribution in [2.75, 3.05) is 18.8 Å². The molecule has 1 fully saturated rings. The second-order valence-corrected chi connectivity index (χ2v) is 8.16. The number of hydrogen-bond acceptors (Lipinski definition) is 5. The van der Waals surface area contributed by atoms with Crippen molar-refractivity contribution in [3.8, 4) is 6.01 Å². The topological polar surface area (TPSA) is 71.1 Å². The summed E-state index contributed by atoms with van der Waals surface area (Å²) in [6, 6.07) is 10.5. The second kappa shape index (κ2) is 8.22. The molecule has 1 amide bonds.